The minimum absolute atomic E-state index is 0.126. The Labute approximate surface area is 109 Å². The third kappa shape index (κ3) is 3.02. The van der Waals surface area contributed by atoms with E-state index in [4.69, 9.17) is 9.84 Å². The van der Waals surface area contributed by atoms with Crippen LogP contribution < -0.4 is 5.32 Å². The Balaban J connectivity index is 1.89. The molecule has 1 aliphatic heterocycles. The number of aromatic nitrogens is 1. The number of carboxylic acid groups (broad SMARTS) is 1. The molecule has 0 aliphatic carbocycles. The molecule has 8 heteroatoms. The number of amides is 2. The summed E-state index contributed by atoms with van der Waals surface area (Å²) >= 11 is 0. The Bertz CT molecular complexity index is 447. The number of hydrogen-bond donors (Lipinski definition) is 2. The van der Waals surface area contributed by atoms with E-state index in [1.807, 2.05) is 0 Å². The van der Waals surface area contributed by atoms with Gasteiger partial charge in [-0.05, 0) is 0 Å². The fourth-order valence-corrected chi connectivity index (χ4v) is 1.93. The van der Waals surface area contributed by atoms with Crippen molar-refractivity contribution in [3.63, 3.8) is 0 Å². The average Bonchev–Trinajstić information content (AvgIpc) is 3.05. The monoisotopic (exact) mass is 269 g/mol. The number of likely N-dealkylation sites (N-methyl/N-ethyl adjacent to an activating group) is 1. The molecule has 0 bridgehead atoms. The number of carbonyl (C=O) groups excluding carboxylic acids is 1. The molecule has 2 rings (SSSR count). The van der Waals surface area contributed by atoms with E-state index in [0.29, 0.717) is 5.69 Å². The lowest BCUT2D eigenvalue weighted by Crippen LogP contribution is -2.48. The number of hydrogen-bond acceptors (Lipinski definition) is 5. The van der Waals surface area contributed by atoms with Crippen molar-refractivity contribution in [3.05, 3.63) is 18.0 Å². The highest BCUT2D eigenvalue weighted by Gasteiger charge is 2.38. The first-order valence-corrected chi connectivity index (χ1v) is 5.80. The number of carboxylic acids is 1. The van der Waals surface area contributed by atoms with Gasteiger partial charge in [-0.1, -0.05) is 5.16 Å². The zero-order valence-corrected chi connectivity index (χ0v) is 10.4. The maximum atomic E-state index is 11.9. The van der Waals surface area contributed by atoms with Crippen LogP contribution in [0.4, 0.5) is 4.79 Å². The summed E-state index contributed by atoms with van der Waals surface area (Å²) in [6, 6.07) is 0.804. The zero-order chi connectivity index (χ0) is 13.8. The van der Waals surface area contributed by atoms with Gasteiger partial charge in [-0.3, -0.25) is 4.79 Å². The predicted octanol–water partition coefficient (Wildman–Crippen LogP) is -0.0844. The molecule has 2 heterocycles. The summed E-state index contributed by atoms with van der Waals surface area (Å²) in [4.78, 5) is 24.3. The summed E-state index contributed by atoms with van der Waals surface area (Å²) in [6.07, 6.45) is 1.41. The highest BCUT2D eigenvalue weighted by molar-refractivity contribution is 5.77. The number of nitrogens with one attached hydrogen (secondary N) is 1. The van der Waals surface area contributed by atoms with Gasteiger partial charge in [-0.25, -0.2) is 4.79 Å². The van der Waals surface area contributed by atoms with Crippen molar-refractivity contribution in [2.75, 3.05) is 20.3 Å². The number of nitrogens with zero attached hydrogens (tertiary/aromatic N) is 2. The smallest absolute Gasteiger partial charge is 0.317 e. The van der Waals surface area contributed by atoms with Crippen molar-refractivity contribution in [2.24, 2.45) is 5.92 Å². The van der Waals surface area contributed by atoms with E-state index in [9.17, 15) is 9.59 Å². The number of rotatable bonds is 4. The van der Waals surface area contributed by atoms with Gasteiger partial charge in [0.2, 0.25) is 0 Å². The topological polar surface area (TPSA) is 105 Å². The number of aliphatic carboxylic acids is 1. The van der Waals surface area contributed by atoms with Crippen LogP contribution in [0.25, 0.3) is 0 Å². The molecule has 1 fully saturated rings. The molecule has 2 unspecified atom stereocenters. The van der Waals surface area contributed by atoms with E-state index in [1.165, 1.54) is 11.2 Å². The fraction of sp³-hybridized carbons (Fsp3) is 0.545. The van der Waals surface area contributed by atoms with Crippen molar-refractivity contribution in [1.82, 2.24) is 15.4 Å². The number of carbonyl (C=O) groups is 2. The van der Waals surface area contributed by atoms with Gasteiger partial charge in [0.25, 0.3) is 0 Å². The van der Waals surface area contributed by atoms with Gasteiger partial charge in [0, 0.05) is 13.1 Å². The van der Waals surface area contributed by atoms with Gasteiger partial charge in [-0.15, -0.1) is 0 Å². The lowest BCUT2D eigenvalue weighted by atomic mass is 10.0. The Morgan fingerprint density at radius 1 is 1.58 bits per heavy atom. The molecule has 1 aliphatic rings. The molecule has 0 saturated carbocycles. The van der Waals surface area contributed by atoms with Gasteiger partial charge in [0.1, 0.15) is 17.9 Å². The summed E-state index contributed by atoms with van der Waals surface area (Å²) in [5.41, 5.74) is 0.596. The third-order valence-corrected chi connectivity index (χ3v) is 3.10. The molecule has 104 valence electrons. The summed E-state index contributed by atoms with van der Waals surface area (Å²) in [6.45, 7) is 0.580. The van der Waals surface area contributed by atoms with E-state index in [2.05, 4.69) is 15.0 Å². The largest absolute Gasteiger partial charge is 0.481 e. The van der Waals surface area contributed by atoms with Crippen LogP contribution in [0.2, 0.25) is 0 Å². The molecule has 0 spiro atoms. The first-order valence-electron chi connectivity index (χ1n) is 5.80. The van der Waals surface area contributed by atoms with E-state index in [0.717, 1.165) is 0 Å². The normalized spacial score (nSPS) is 22.2. The molecule has 1 aromatic heterocycles. The summed E-state index contributed by atoms with van der Waals surface area (Å²) in [5, 5.41) is 15.3. The number of urea groups is 1. The molecule has 2 amide bonds. The first kappa shape index (κ1) is 13.3. The molecular formula is C11H15N3O5. The van der Waals surface area contributed by atoms with Crippen LogP contribution >= 0.6 is 0 Å². The maximum Gasteiger partial charge on any atom is 0.317 e. The van der Waals surface area contributed by atoms with Crippen LogP contribution in [0.15, 0.2) is 16.9 Å². The average molecular weight is 269 g/mol. The lowest BCUT2D eigenvalue weighted by Gasteiger charge is -2.26. The van der Waals surface area contributed by atoms with E-state index < -0.39 is 17.9 Å². The highest BCUT2D eigenvalue weighted by atomic mass is 16.5. The van der Waals surface area contributed by atoms with Crippen molar-refractivity contribution >= 4 is 12.0 Å². The van der Waals surface area contributed by atoms with Crippen molar-refractivity contribution in [2.45, 2.75) is 12.6 Å². The van der Waals surface area contributed by atoms with Gasteiger partial charge in [0.15, 0.2) is 0 Å². The van der Waals surface area contributed by atoms with E-state index in [-0.39, 0.29) is 25.8 Å². The first-order chi connectivity index (χ1) is 9.09. The standard InChI is InChI=1S/C11H15N3O5/c1-14(9-6-18-5-8(9)10(15)16)11(17)12-4-7-2-3-19-13-7/h2-3,8-9H,4-6H2,1H3,(H,12,17)(H,15,16). The Kier molecular flexibility index (Phi) is 4.00. The van der Waals surface area contributed by atoms with Crippen LogP contribution in [0.3, 0.4) is 0 Å². The molecule has 2 N–H and O–H groups in total. The van der Waals surface area contributed by atoms with Gasteiger partial charge in [0.05, 0.1) is 25.8 Å². The summed E-state index contributed by atoms with van der Waals surface area (Å²) in [7, 11) is 1.55. The molecule has 0 radical (unpaired) electrons. The minimum Gasteiger partial charge on any atom is -0.481 e. The summed E-state index contributed by atoms with van der Waals surface area (Å²) in [5.74, 6) is -1.65. The second-order valence-electron chi connectivity index (χ2n) is 4.31. The van der Waals surface area contributed by atoms with Crippen LogP contribution in [0.1, 0.15) is 5.69 Å². The molecular weight excluding hydrogens is 254 g/mol. The van der Waals surface area contributed by atoms with E-state index >= 15 is 0 Å². The second kappa shape index (κ2) is 5.70. The van der Waals surface area contributed by atoms with Gasteiger partial charge >= 0.3 is 12.0 Å². The van der Waals surface area contributed by atoms with Crippen molar-refractivity contribution in [3.8, 4) is 0 Å². The minimum atomic E-state index is -0.960. The van der Waals surface area contributed by atoms with Crippen LogP contribution in [0, 0.1) is 5.92 Å². The number of ether oxygens (including phenoxy) is 1. The van der Waals surface area contributed by atoms with Crippen molar-refractivity contribution < 1.29 is 24.0 Å². The molecule has 2 atom stereocenters. The Morgan fingerprint density at radius 2 is 2.37 bits per heavy atom. The third-order valence-electron chi connectivity index (χ3n) is 3.10. The molecule has 19 heavy (non-hydrogen) atoms. The highest BCUT2D eigenvalue weighted by Crippen LogP contribution is 2.19. The van der Waals surface area contributed by atoms with Crippen LogP contribution in [-0.4, -0.2) is 53.5 Å². The molecule has 1 saturated heterocycles. The van der Waals surface area contributed by atoms with Crippen LogP contribution in [0.5, 0.6) is 0 Å². The lowest BCUT2D eigenvalue weighted by molar-refractivity contribution is -0.142. The van der Waals surface area contributed by atoms with Crippen molar-refractivity contribution in [1.29, 1.82) is 0 Å². The maximum absolute atomic E-state index is 11.9. The van der Waals surface area contributed by atoms with E-state index in [1.54, 1.807) is 13.1 Å². The van der Waals surface area contributed by atoms with Gasteiger partial charge in [-0.2, -0.15) is 0 Å². The SMILES string of the molecule is CN(C(=O)NCc1ccon1)C1COCC1C(=O)O. The quantitative estimate of drug-likeness (QED) is 0.791. The molecule has 1 aromatic rings. The predicted molar refractivity (Wildman–Crippen MR) is 62.2 cm³/mol. The second-order valence-corrected chi connectivity index (χ2v) is 4.31. The Hall–Kier alpha value is -2.09. The van der Waals surface area contributed by atoms with Gasteiger partial charge < -0.3 is 24.6 Å². The Morgan fingerprint density at radius 3 is 3.00 bits per heavy atom. The zero-order valence-electron chi connectivity index (χ0n) is 10.4. The molecule has 8 nitrogen and oxygen atoms in total. The fourth-order valence-electron chi connectivity index (χ4n) is 1.93. The molecule has 0 aromatic carbocycles. The van der Waals surface area contributed by atoms with Crippen LogP contribution in [-0.2, 0) is 16.1 Å². The summed E-state index contributed by atoms with van der Waals surface area (Å²) < 4.78 is 9.77.